The summed E-state index contributed by atoms with van der Waals surface area (Å²) in [5, 5.41) is 11.3. The Hall–Kier alpha value is -2.20. The number of amides is 1. The van der Waals surface area contributed by atoms with Gasteiger partial charge < -0.3 is 20.4 Å². The molecule has 9 nitrogen and oxygen atoms in total. The molecule has 0 aliphatic carbocycles. The number of rotatable bonds is 8. The summed E-state index contributed by atoms with van der Waals surface area (Å²) in [6.07, 6.45) is 7.45. The number of nitrogens with zero attached hydrogens (tertiary/aromatic N) is 6. The second-order valence-corrected chi connectivity index (χ2v) is 8.95. The average Bonchev–Trinajstić information content (AvgIpc) is 3.42. The Morgan fingerprint density at radius 2 is 2.20 bits per heavy atom. The van der Waals surface area contributed by atoms with Gasteiger partial charge in [0.2, 0.25) is 11.9 Å². The van der Waals surface area contributed by atoms with Gasteiger partial charge in [-0.25, -0.2) is 4.98 Å². The van der Waals surface area contributed by atoms with Crippen molar-refractivity contribution >= 4 is 39.3 Å². The van der Waals surface area contributed by atoms with Crippen molar-refractivity contribution in [1.29, 1.82) is 0 Å². The van der Waals surface area contributed by atoms with Crippen molar-refractivity contribution in [3.05, 3.63) is 22.6 Å². The average molecular weight is 477 g/mol. The summed E-state index contributed by atoms with van der Waals surface area (Å²) in [4.78, 5) is 25.0. The minimum absolute atomic E-state index is 0.268. The van der Waals surface area contributed by atoms with E-state index in [9.17, 15) is 4.79 Å². The first-order valence-electron chi connectivity index (χ1n) is 10.5. The van der Waals surface area contributed by atoms with Crippen LogP contribution in [0, 0.1) is 6.92 Å². The molecule has 2 aromatic heterocycles. The quantitative estimate of drug-likeness (QED) is 0.565. The Bertz CT molecular complexity index is 901. The largest absolute Gasteiger partial charge is 0.369 e. The number of aromatic nitrogens is 4. The first-order valence-corrected chi connectivity index (χ1v) is 11.3. The van der Waals surface area contributed by atoms with Crippen LogP contribution in [0.1, 0.15) is 37.4 Å². The van der Waals surface area contributed by atoms with Gasteiger partial charge in [0, 0.05) is 45.0 Å². The molecule has 2 saturated heterocycles. The first-order chi connectivity index (χ1) is 14.5. The molecule has 0 spiro atoms. The highest BCUT2D eigenvalue weighted by Gasteiger charge is 2.23. The van der Waals surface area contributed by atoms with Gasteiger partial charge in [0.1, 0.15) is 5.82 Å². The van der Waals surface area contributed by atoms with E-state index in [-0.39, 0.29) is 5.91 Å². The molecule has 2 fully saturated rings. The monoisotopic (exact) mass is 476 g/mol. The summed E-state index contributed by atoms with van der Waals surface area (Å²) in [6.45, 7) is 6.53. The van der Waals surface area contributed by atoms with Crippen molar-refractivity contribution in [1.82, 2.24) is 29.5 Å². The third-order valence-corrected chi connectivity index (χ3v) is 6.30. The highest BCUT2D eigenvalue weighted by Crippen LogP contribution is 2.26. The number of carbonyl (C=O) groups excluding carboxylic acids is 1. The minimum atomic E-state index is 0.268. The van der Waals surface area contributed by atoms with Crippen molar-refractivity contribution in [3.8, 4) is 0 Å². The summed E-state index contributed by atoms with van der Waals surface area (Å²) >= 11 is 3.51. The zero-order valence-electron chi connectivity index (χ0n) is 17.6. The standard InChI is InChI=1S/C20H29BrN8O/c1-14-17(13-29(26-14)15-6-10-27(2)12-15)24-20-23-11-16(21)19(25-20)22-7-4-9-28-8-3-5-18(28)30/h11,13,15H,3-10,12H2,1-2H3,(H2,22,23,24,25). The normalized spacial score (nSPS) is 19.6. The third kappa shape index (κ3) is 4.92. The molecule has 2 aromatic rings. The fraction of sp³-hybridized carbons (Fsp3) is 0.600. The van der Waals surface area contributed by atoms with E-state index >= 15 is 0 Å². The Morgan fingerprint density at radius 3 is 2.93 bits per heavy atom. The highest BCUT2D eigenvalue weighted by molar-refractivity contribution is 9.10. The van der Waals surface area contributed by atoms with Crippen LogP contribution in [0.15, 0.2) is 16.9 Å². The van der Waals surface area contributed by atoms with Crippen LogP contribution in [0.25, 0.3) is 0 Å². The number of likely N-dealkylation sites (tertiary alicyclic amines) is 2. The highest BCUT2D eigenvalue weighted by atomic mass is 79.9. The van der Waals surface area contributed by atoms with Crippen LogP contribution >= 0.6 is 15.9 Å². The minimum Gasteiger partial charge on any atom is -0.369 e. The lowest BCUT2D eigenvalue weighted by atomic mass is 10.3. The van der Waals surface area contributed by atoms with E-state index < -0.39 is 0 Å². The molecule has 4 rings (SSSR count). The summed E-state index contributed by atoms with van der Waals surface area (Å²) in [5.74, 6) is 1.54. The molecule has 2 aliphatic rings. The van der Waals surface area contributed by atoms with E-state index in [4.69, 9.17) is 0 Å². The Labute approximate surface area is 185 Å². The lowest BCUT2D eigenvalue weighted by Gasteiger charge is -2.15. The summed E-state index contributed by atoms with van der Waals surface area (Å²) in [7, 11) is 2.14. The molecule has 1 amide bonds. The van der Waals surface area contributed by atoms with Crippen LogP contribution in [0.4, 0.5) is 17.5 Å². The molecule has 10 heteroatoms. The van der Waals surface area contributed by atoms with Gasteiger partial charge >= 0.3 is 0 Å². The van der Waals surface area contributed by atoms with Crippen LogP contribution in [0.2, 0.25) is 0 Å². The third-order valence-electron chi connectivity index (χ3n) is 5.72. The lowest BCUT2D eigenvalue weighted by molar-refractivity contribution is -0.127. The number of carbonyl (C=O) groups is 1. The number of halogens is 1. The Balaban J connectivity index is 1.35. The smallest absolute Gasteiger partial charge is 0.229 e. The summed E-state index contributed by atoms with van der Waals surface area (Å²) in [5.41, 5.74) is 1.85. The maximum absolute atomic E-state index is 11.7. The molecular weight excluding hydrogens is 448 g/mol. The molecule has 0 bridgehead atoms. The predicted molar refractivity (Wildman–Crippen MR) is 120 cm³/mol. The van der Waals surface area contributed by atoms with E-state index in [2.05, 4.69) is 58.3 Å². The molecule has 0 saturated carbocycles. The molecule has 2 aliphatic heterocycles. The molecule has 1 unspecified atom stereocenters. The van der Waals surface area contributed by atoms with Gasteiger partial charge in [-0.1, -0.05) is 0 Å². The van der Waals surface area contributed by atoms with Gasteiger partial charge in [-0.2, -0.15) is 10.1 Å². The zero-order chi connectivity index (χ0) is 21.1. The summed E-state index contributed by atoms with van der Waals surface area (Å²) < 4.78 is 2.87. The first kappa shape index (κ1) is 21.0. The fourth-order valence-corrected chi connectivity index (χ4v) is 4.34. The molecule has 30 heavy (non-hydrogen) atoms. The number of hydrogen-bond donors (Lipinski definition) is 2. The molecule has 2 N–H and O–H groups in total. The number of likely N-dealkylation sites (N-methyl/N-ethyl adjacent to an activating group) is 1. The molecular formula is C20H29BrN8O. The zero-order valence-corrected chi connectivity index (χ0v) is 19.2. The van der Waals surface area contributed by atoms with Gasteiger partial charge in [0.25, 0.3) is 0 Å². The number of nitrogens with one attached hydrogen (secondary N) is 2. The van der Waals surface area contributed by atoms with E-state index in [0.29, 0.717) is 18.4 Å². The van der Waals surface area contributed by atoms with Gasteiger partial charge in [0.05, 0.1) is 21.9 Å². The summed E-state index contributed by atoms with van der Waals surface area (Å²) in [6, 6.07) is 0.412. The molecule has 162 valence electrons. The van der Waals surface area contributed by atoms with Crippen LogP contribution in [0.5, 0.6) is 0 Å². The molecule has 4 heterocycles. The van der Waals surface area contributed by atoms with Crippen molar-refractivity contribution in [2.75, 3.05) is 50.4 Å². The topological polar surface area (TPSA) is 91.2 Å². The second kappa shape index (κ2) is 9.30. The van der Waals surface area contributed by atoms with Crippen molar-refractivity contribution < 1.29 is 4.79 Å². The Morgan fingerprint density at radius 1 is 1.33 bits per heavy atom. The maximum Gasteiger partial charge on any atom is 0.229 e. The molecule has 0 radical (unpaired) electrons. The van der Waals surface area contributed by atoms with Crippen molar-refractivity contribution in [2.45, 2.75) is 38.6 Å². The number of anilines is 3. The second-order valence-electron chi connectivity index (χ2n) is 8.09. The molecule has 1 atom stereocenters. The lowest BCUT2D eigenvalue weighted by Crippen LogP contribution is -2.27. The van der Waals surface area contributed by atoms with Gasteiger partial charge in [-0.3, -0.25) is 9.48 Å². The van der Waals surface area contributed by atoms with Crippen molar-refractivity contribution in [3.63, 3.8) is 0 Å². The fourth-order valence-electron chi connectivity index (χ4n) is 4.01. The van der Waals surface area contributed by atoms with E-state index in [0.717, 1.165) is 73.7 Å². The Kier molecular flexibility index (Phi) is 6.52. The predicted octanol–water partition coefficient (Wildman–Crippen LogP) is 2.79. The van der Waals surface area contributed by atoms with Gasteiger partial charge in [-0.15, -0.1) is 0 Å². The van der Waals surface area contributed by atoms with E-state index in [1.165, 1.54) is 0 Å². The van der Waals surface area contributed by atoms with E-state index in [1.807, 2.05) is 18.0 Å². The molecule has 0 aromatic carbocycles. The van der Waals surface area contributed by atoms with E-state index in [1.54, 1.807) is 6.20 Å². The van der Waals surface area contributed by atoms with Crippen LogP contribution in [0.3, 0.4) is 0 Å². The maximum atomic E-state index is 11.7. The van der Waals surface area contributed by atoms with Gasteiger partial charge in [0.15, 0.2) is 0 Å². The van der Waals surface area contributed by atoms with Crippen molar-refractivity contribution in [2.24, 2.45) is 0 Å². The van der Waals surface area contributed by atoms with Crippen LogP contribution in [-0.2, 0) is 4.79 Å². The van der Waals surface area contributed by atoms with Crippen LogP contribution < -0.4 is 10.6 Å². The SMILES string of the molecule is Cc1nn(C2CCN(C)C2)cc1Nc1ncc(Br)c(NCCCN2CCCC2=O)n1. The van der Waals surface area contributed by atoms with Gasteiger partial charge in [-0.05, 0) is 55.7 Å². The number of aryl methyl sites for hydroxylation is 1. The number of hydrogen-bond acceptors (Lipinski definition) is 7. The van der Waals surface area contributed by atoms with Crippen LogP contribution in [-0.4, -0.2) is 75.2 Å².